The van der Waals surface area contributed by atoms with Crippen LogP contribution in [0.4, 0.5) is 0 Å². The van der Waals surface area contributed by atoms with E-state index in [2.05, 4.69) is 5.32 Å². The summed E-state index contributed by atoms with van der Waals surface area (Å²) in [4.78, 5) is 11.7. The lowest BCUT2D eigenvalue weighted by Crippen LogP contribution is -2.52. The Hall–Kier alpha value is -1.39. The summed E-state index contributed by atoms with van der Waals surface area (Å²) >= 11 is 0. The largest absolute Gasteiger partial charge is 0.480 e. The van der Waals surface area contributed by atoms with Crippen LogP contribution in [-0.2, 0) is 15.1 Å². The Balaban J connectivity index is 3.05. The highest BCUT2D eigenvalue weighted by Gasteiger charge is 2.40. The highest BCUT2D eigenvalue weighted by molar-refractivity contribution is 5.81. The van der Waals surface area contributed by atoms with Gasteiger partial charge in [0.15, 0.2) is 5.54 Å². The van der Waals surface area contributed by atoms with Crippen molar-refractivity contribution in [2.75, 3.05) is 13.7 Å². The number of likely N-dealkylation sites (N-methyl/N-ethyl adjacent to an activating group) is 1. The molecule has 0 aliphatic rings. The average Bonchev–Trinajstić information content (AvgIpc) is 2.41. The molecule has 0 bridgehead atoms. The second-order valence-electron chi connectivity index (χ2n) is 5.23. The molecule has 2 N–H and O–H groups in total. The van der Waals surface area contributed by atoms with Crippen molar-refractivity contribution >= 4 is 5.97 Å². The van der Waals surface area contributed by atoms with Gasteiger partial charge in [-0.25, -0.2) is 4.79 Å². The quantitative estimate of drug-likeness (QED) is 0.794. The van der Waals surface area contributed by atoms with E-state index >= 15 is 0 Å². The molecule has 19 heavy (non-hydrogen) atoms. The molecule has 1 atom stereocenters. The van der Waals surface area contributed by atoms with Crippen LogP contribution in [0.25, 0.3) is 0 Å². The Labute approximate surface area is 114 Å². The second-order valence-corrected chi connectivity index (χ2v) is 5.23. The van der Waals surface area contributed by atoms with E-state index in [1.165, 1.54) is 0 Å². The molecule has 1 rings (SSSR count). The Bertz CT molecular complexity index is 417. The number of hydrogen-bond donors (Lipinski definition) is 2. The summed E-state index contributed by atoms with van der Waals surface area (Å²) in [6.45, 7) is 6.02. The van der Waals surface area contributed by atoms with Crippen LogP contribution >= 0.6 is 0 Å². The van der Waals surface area contributed by atoms with Gasteiger partial charge in [0.05, 0.1) is 12.2 Å². The molecular formula is C15H23NO3. The number of rotatable bonds is 7. The predicted molar refractivity (Wildman–Crippen MR) is 75.1 cm³/mol. The van der Waals surface area contributed by atoms with E-state index in [0.29, 0.717) is 5.56 Å². The molecule has 1 unspecified atom stereocenters. The van der Waals surface area contributed by atoms with Crippen molar-refractivity contribution in [2.24, 2.45) is 0 Å². The maximum absolute atomic E-state index is 11.7. The topological polar surface area (TPSA) is 58.6 Å². The van der Waals surface area contributed by atoms with Gasteiger partial charge in [0, 0.05) is 0 Å². The molecular weight excluding hydrogens is 242 g/mol. The second kappa shape index (κ2) is 6.17. The number of nitrogens with one attached hydrogen (secondary N) is 1. The third kappa shape index (κ3) is 3.55. The van der Waals surface area contributed by atoms with Gasteiger partial charge < -0.3 is 9.84 Å². The number of carbonyl (C=O) groups is 1. The van der Waals surface area contributed by atoms with Crippen LogP contribution in [-0.4, -0.2) is 30.3 Å². The van der Waals surface area contributed by atoms with Gasteiger partial charge in [0.1, 0.15) is 0 Å². The molecule has 1 aromatic rings. The molecule has 0 aliphatic carbocycles. The van der Waals surface area contributed by atoms with Crippen molar-refractivity contribution in [3.8, 4) is 0 Å². The zero-order valence-electron chi connectivity index (χ0n) is 12.1. The standard InChI is InChI=1S/C15H23NO3/c1-5-14(2,3)19-11-15(16-4,13(17)18)12-9-7-6-8-10-12/h6-10,16H,5,11H2,1-4H3,(H,17,18). The van der Waals surface area contributed by atoms with Gasteiger partial charge in [-0.2, -0.15) is 0 Å². The van der Waals surface area contributed by atoms with Gasteiger partial charge >= 0.3 is 5.97 Å². The van der Waals surface area contributed by atoms with Crippen LogP contribution in [0.3, 0.4) is 0 Å². The first-order valence-electron chi connectivity index (χ1n) is 6.50. The van der Waals surface area contributed by atoms with Crippen molar-refractivity contribution in [3.63, 3.8) is 0 Å². The molecule has 0 saturated heterocycles. The predicted octanol–water partition coefficient (Wildman–Crippen LogP) is 2.39. The summed E-state index contributed by atoms with van der Waals surface area (Å²) in [6.07, 6.45) is 0.821. The van der Waals surface area contributed by atoms with E-state index in [1.54, 1.807) is 19.2 Å². The maximum Gasteiger partial charge on any atom is 0.330 e. The van der Waals surface area contributed by atoms with Crippen LogP contribution in [0.15, 0.2) is 30.3 Å². The molecule has 0 fully saturated rings. The summed E-state index contributed by atoms with van der Waals surface area (Å²) in [6, 6.07) is 9.12. The molecule has 0 aromatic heterocycles. The highest BCUT2D eigenvalue weighted by Crippen LogP contribution is 2.25. The van der Waals surface area contributed by atoms with Crippen molar-refractivity contribution in [1.82, 2.24) is 5.32 Å². The van der Waals surface area contributed by atoms with E-state index in [0.717, 1.165) is 6.42 Å². The van der Waals surface area contributed by atoms with Crippen molar-refractivity contribution in [1.29, 1.82) is 0 Å². The van der Waals surface area contributed by atoms with Gasteiger partial charge in [-0.05, 0) is 32.9 Å². The molecule has 106 valence electrons. The average molecular weight is 265 g/mol. The first-order chi connectivity index (χ1) is 8.88. The first-order valence-corrected chi connectivity index (χ1v) is 6.50. The molecule has 0 spiro atoms. The summed E-state index contributed by atoms with van der Waals surface area (Å²) in [5.74, 6) is -0.937. The first kappa shape index (κ1) is 15.7. The van der Waals surface area contributed by atoms with E-state index in [9.17, 15) is 9.90 Å². The summed E-state index contributed by atoms with van der Waals surface area (Å²) in [7, 11) is 1.64. The Morgan fingerprint density at radius 3 is 2.32 bits per heavy atom. The van der Waals surface area contributed by atoms with Crippen LogP contribution in [0.1, 0.15) is 32.8 Å². The normalized spacial score (nSPS) is 14.9. The summed E-state index contributed by atoms with van der Waals surface area (Å²) in [5, 5.41) is 12.5. The zero-order chi connectivity index (χ0) is 14.5. The summed E-state index contributed by atoms with van der Waals surface area (Å²) < 4.78 is 5.81. The van der Waals surface area contributed by atoms with E-state index < -0.39 is 11.5 Å². The van der Waals surface area contributed by atoms with Gasteiger partial charge in [0.25, 0.3) is 0 Å². The van der Waals surface area contributed by atoms with Crippen LogP contribution in [0, 0.1) is 0 Å². The van der Waals surface area contributed by atoms with E-state index in [-0.39, 0.29) is 12.2 Å². The van der Waals surface area contributed by atoms with Crippen molar-refractivity contribution < 1.29 is 14.6 Å². The highest BCUT2D eigenvalue weighted by atomic mass is 16.5. The number of benzene rings is 1. The Morgan fingerprint density at radius 2 is 1.89 bits per heavy atom. The van der Waals surface area contributed by atoms with Gasteiger partial charge in [0.2, 0.25) is 0 Å². The molecule has 4 nitrogen and oxygen atoms in total. The fourth-order valence-corrected chi connectivity index (χ4v) is 1.72. The molecule has 0 amide bonds. The number of carboxylic acid groups (broad SMARTS) is 1. The maximum atomic E-state index is 11.7. The van der Waals surface area contributed by atoms with Crippen molar-refractivity contribution in [2.45, 2.75) is 38.3 Å². The van der Waals surface area contributed by atoms with Crippen LogP contribution in [0.5, 0.6) is 0 Å². The minimum absolute atomic E-state index is 0.0870. The minimum Gasteiger partial charge on any atom is -0.480 e. The fourth-order valence-electron chi connectivity index (χ4n) is 1.72. The third-order valence-corrected chi connectivity index (χ3v) is 3.59. The molecule has 0 heterocycles. The van der Waals surface area contributed by atoms with Crippen LogP contribution in [0.2, 0.25) is 0 Å². The van der Waals surface area contributed by atoms with Gasteiger partial charge in [-0.15, -0.1) is 0 Å². The minimum atomic E-state index is -1.21. The van der Waals surface area contributed by atoms with Gasteiger partial charge in [-0.1, -0.05) is 37.3 Å². The monoisotopic (exact) mass is 265 g/mol. The summed E-state index contributed by atoms with van der Waals surface area (Å²) in [5.41, 5.74) is -0.864. The number of hydrogen-bond acceptors (Lipinski definition) is 3. The van der Waals surface area contributed by atoms with Crippen molar-refractivity contribution in [3.05, 3.63) is 35.9 Å². The lowest BCUT2D eigenvalue weighted by atomic mass is 9.90. The lowest BCUT2D eigenvalue weighted by molar-refractivity contribution is -0.151. The lowest BCUT2D eigenvalue weighted by Gasteiger charge is -2.33. The molecule has 4 heteroatoms. The number of carboxylic acids is 1. The fraction of sp³-hybridized carbons (Fsp3) is 0.533. The molecule has 1 aromatic carbocycles. The van der Waals surface area contributed by atoms with Gasteiger partial charge in [-0.3, -0.25) is 5.32 Å². The Kier molecular flexibility index (Phi) is 5.09. The third-order valence-electron chi connectivity index (χ3n) is 3.59. The van der Waals surface area contributed by atoms with E-state index in [1.807, 2.05) is 39.0 Å². The van der Waals surface area contributed by atoms with Crippen LogP contribution < -0.4 is 5.32 Å². The molecule has 0 radical (unpaired) electrons. The smallest absolute Gasteiger partial charge is 0.330 e. The number of aliphatic carboxylic acids is 1. The SMILES string of the molecule is CCC(C)(C)OCC(NC)(C(=O)O)c1ccccc1. The number of ether oxygens (including phenoxy) is 1. The zero-order valence-corrected chi connectivity index (χ0v) is 12.1. The molecule has 0 saturated carbocycles. The Morgan fingerprint density at radius 1 is 1.32 bits per heavy atom. The molecule has 0 aliphatic heterocycles. The van der Waals surface area contributed by atoms with E-state index in [4.69, 9.17) is 4.74 Å².